The predicted molar refractivity (Wildman–Crippen MR) is 29.9 cm³/mol. The van der Waals surface area contributed by atoms with Crippen LogP contribution in [0.1, 0.15) is 6.42 Å². The van der Waals surface area contributed by atoms with Crippen LogP contribution in [0, 0.1) is 0 Å². The first-order valence-electron chi connectivity index (χ1n) is 2.61. The van der Waals surface area contributed by atoms with Crippen LogP contribution in [0.3, 0.4) is 0 Å². The van der Waals surface area contributed by atoms with E-state index < -0.39 is 6.10 Å². The summed E-state index contributed by atoms with van der Waals surface area (Å²) in [4.78, 5) is 3.88. The summed E-state index contributed by atoms with van der Waals surface area (Å²) in [7, 11) is 1.52. The van der Waals surface area contributed by atoms with Gasteiger partial charge in [-0.3, -0.25) is 4.99 Å². The zero-order chi connectivity index (χ0) is 5.98. The molecule has 0 radical (unpaired) electrons. The second kappa shape index (κ2) is 2.13. The minimum absolute atomic E-state index is 0.444. The van der Waals surface area contributed by atoms with Crippen LogP contribution in [0.4, 0.5) is 0 Å². The van der Waals surface area contributed by atoms with Gasteiger partial charge in [0.05, 0.1) is 7.11 Å². The van der Waals surface area contributed by atoms with Gasteiger partial charge in [0.25, 0.3) is 0 Å². The van der Waals surface area contributed by atoms with Gasteiger partial charge in [0, 0.05) is 13.0 Å². The average molecular weight is 115 g/mol. The molecular weight excluding hydrogens is 106 g/mol. The lowest BCUT2D eigenvalue weighted by Crippen LogP contribution is -2.16. The second-order valence-electron chi connectivity index (χ2n) is 1.73. The molecular formula is C5H9NO2. The van der Waals surface area contributed by atoms with E-state index in [-0.39, 0.29) is 0 Å². The van der Waals surface area contributed by atoms with Crippen molar-refractivity contribution in [2.24, 2.45) is 4.99 Å². The standard InChI is InChI=1S/C5H9NO2/c1-8-5-4(7)2-3-6-5/h4,7H,2-3H2,1H3. The predicted octanol–water partition coefficient (Wildman–Crippen LogP) is -0.204. The maximum atomic E-state index is 8.93. The number of nitrogens with zero attached hydrogens (tertiary/aromatic N) is 1. The van der Waals surface area contributed by atoms with Crippen LogP contribution in [-0.4, -0.2) is 30.8 Å². The Morgan fingerprint density at radius 1 is 1.88 bits per heavy atom. The molecule has 0 spiro atoms. The third kappa shape index (κ3) is 0.816. The van der Waals surface area contributed by atoms with Crippen molar-refractivity contribution in [3.05, 3.63) is 0 Å². The van der Waals surface area contributed by atoms with Crippen molar-refractivity contribution in [3.8, 4) is 0 Å². The van der Waals surface area contributed by atoms with E-state index in [1.54, 1.807) is 0 Å². The van der Waals surface area contributed by atoms with Crippen molar-refractivity contribution >= 4 is 5.90 Å². The molecule has 1 N–H and O–H groups in total. The summed E-state index contributed by atoms with van der Waals surface area (Å²) in [5.74, 6) is 0.477. The molecule has 0 aliphatic carbocycles. The topological polar surface area (TPSA) is 41.8 Å². The Morgan fingerprint density at radius 2 is 2.62 bits per heavy atom. The molecule has 3 nitrogen and oxygen atoms in total. The van der Waals surface area contributed by atoms with Gasteiger partial charge in [0.15, 0.2) is 0 Å². The van der Waals surface area contributed by atoms with E-state index in [9.17, 15) is 0 Å². The Hall–Kier alpha value is -0.570. The molecule has 1 unspecified atom stereocenters. The average Bonchev–Trinajstić information content (AvgIpc) is 2.14. The maximum Gasteiger partial charge on any atom is 0.212 e. The summed E-state index contributed by atoms with van der Waals surface area (Å²) in [5.41, 5.74) is 0. The van der Waals surface area contributed by atoms with Crippen molar-refractivity contribution in [2.45, 2.75) is 12.5 Å². The largest absolute Gasteiger partial charge is 0.482 e. The first-order chi connectivity index (χ1) is 3.84. The summed E-state index contributed by atoms with van der Waals surface area (Å²) >= 11 is 0. The molecule has 1 atom stereocenters. The van der Waals surface area contributed by atoms with E-state index >= 15 is 0 Å². The molecule has 8 heavy (non-hydrogen) atoms. The zero-order valence-electron chi connectivity index (χ0n) is 4.79. The van der Waals surface area contributed by atoms with Crippen LogP contribution in [0.25, 0.3) is 0 Å². The highest BCUT2D eigenvalue weighted by atomic mass is 16.5. The number of hydrogen-bond donors (Lipinski definition) is 1. The highest BCUT2D eigenvalue weighted by Gasteiger charge is 2.17. The van der Waals surface area contributed by atoms with Crippen LogP contribution < -0.4 is 0 Å². The fraction of sp³-hybridized carbons (Fsp3) is 0.800. The minimum Gasteiger partial charge on any atom is -0.482 e. The summed E-state index contributed by atoms with van der Waals surface area (Å²) in [6.45, 7) is 0.699. The smallest absolute Gasteiger partial charge is 0.212 e. The molecule has 0 bridgehead atoms. The minimum atomic E-state index is -0.444. The number of aliphatic hydroxyl groups excluding tert-OH is 1. The normalized spacial score (nSPS) is 27.8. The van der Waals surface area contributed by atoms with Crippen LogP contribution in [0.15, 0.2) is 4.99 Å². The summed E-state index contributed by atoms with van der Waals surface area (Å²) in [6, 6.07) is 0. The molecule has 0 aromatic rings. The van der Waals surface area contributed by atoms with Crippen molar-refractivity contribution < 1.29 is 9.84 Å². The fourth-order valence-corrected chi connectivity index (χ4v) is 0.726. The lowest BCUT2D eigenvalue weighted by molar-refractivity contribution is 0.210. The van der Waals surface area contributed by atoms with E-state index in [0.717, 1.165) is 0 Å². The molecule has 0 aromatic heterocycles. The van der Waals surface area contributed by atoms with Gasteiger partial charge in [-0.25, -0.2) is 0 Å². The Kier molecular flexibility index (Phi) is 1.48. The molecule has 1 rings (SSSR count). The molecule has 0 saturated carbocycles. The van der Waals surface area contributed by atoms with Crippen LogP contribution in [0.2, 0.25) is 0 Å². The van der Waals surface area contributed by atoms with Gasteiger partial charge < -0.3 is 9.84 Å². The second-order valence-corrected chi connectivity index (χ2v) is 1.73. The van der Waals surface area contributed by atoms with Crippen molar-refractivity contribution in [1.29, 1.82) is 0 Å². The van der Waals surface area contributed by atoms with Gasteiger partial charge in [-0.2, -0.15) is 0 Å². The number of hydrogen-bond acceptors (Lipinski definition) is 3. The quantitative estimate of drug-likeness (QED) is 0.475. The summed E-state index contributed by atoms with van der Waals surface area (Å²) in [6.07, 6.45) is 0.267. The lowest BCUT2D eigenvalue weighted by atomic mass is 10.3. The van der Waals surface area contributed by atoms with E-state index in [2.05, 4.69) is 4.99 Å². The van der Waals surface area contributed by atoms with Crippen LogP contribution in [-0.2, 0) is 4.74 Å². The molecule has 1 heterocycles. The highest BCUT2D eigenvalue weighted by molar-refractivity contribution is 5.81. The Bertz CT molecular complexity index is 111. The number of aliphatic hydroxyl groups is 1. The summed E-state index contributed by atoms with van der Waals surface area (Å²) < 4.78 is 4.72. The van der Waals surface area contributed by atoms with Gasteiger partial charge >= 0.3 is 0 Å². The van der Waals surface area contributed by atoms with Gasteiger partial charge in [-0.05, 0) is 0 Å². The number of aliphatic imine (C=N–C) groups is 1. The molecule has 1 aliphatic rings. The molecule has 1 aliphatic heterocycles. The van der Waals surface area contributed by atoms with Gasteiger partial charge in [-0.15, -0.1) is 0 Å². The van der Waals surface area contributed by atoms with Gasteiger partial charge in [0.2, 0.25) is 5.90 Å². The Morgan fingerprint density at radius 3 is 2.88 bits per heavy atom. The highest BCUT2D eigenvalue weighted by Crippen LogP contribution is 2.04. The van der Waals surface area contributed by atoms with Gasteiger partial charge in [-0.1, -0.05) is 0 Å². The van der Waals surface area contributed by atoms with Crippen LogP contribution >= 0.6 is 0 Å². The Balaban J connectivity index is 2.49. The van der Waals surface area contributed by atoms with Crippen molar-refractivity contribution in [3.63, 3.8) is 0 Å². The van der Waals surface area contributed by atoms with Crippen molar-refractivity contribution in [2.75, 3.05) is 13.7 Å². The SMILES string of the molecule is COC1=NCCC1O. The Labute approximate surface area is 48.0 Å². The van der Waals surface area contributed by atoms with E-state index in [4.69, 9.17) is 9.84 Å². The van der Waals surface area contributed by atoms with Gasteiger partial charge in [0.1, 0.15) is 6.10 Å². The molecule has 0 saturated heterocycles. The molecule has 3 heteroatoms. The molecule has 46 valence electrons. The third-order valence-electron chi connectivity index (χ3n) is 1.16. The molecule has 0 fully saturated rings. The maximum absolute atomic E-state index is 8.93. The zero-order valence-corrected chi connectivity index (χ0v) is 4.79. The van der Waals surface area contributed by atoms with Crippen LogP contribution in [0.5, 0.6) is 0 Å². The fourth-order valence-electron chi connectivity index (χ4n) is 0.726. The van der Waals surface area contributed by atoms with Crippen molar-refractivity contribution in [1.82, 2.24) is 0 Å². The monoisotopic (exact) mass is 115 g/mol. The van der Waals surface area contributed by atoms with E-state index in [1.807, 2.05) is 0 Å². The molecule has 0 aromatic carbocycles. The number of rotatable bonds is 0. The summed E-state index contributed by atoms with van der Waals surface area (Å²) in [5, 5.41) is 8.93. The number of methoxy groups -OCH3 is 1. The number of ether oxygens (including phenoxy) is 1. The van der Waals surface area contributed by atoms with E-state index in [0.29, 0.717) is 18.9 Å². The van der Waals surface area contributed by atoms with E-state index in [1.165, 1.54) is 7.11 Å². The third-order valence-corrected chi connectivity index (χ3v) is 1.16. The first-order valence-corrected chi connectivity index (χ1v) is 2.61. The lowest BCUT2D eigenvalue weighted by Gasteiger charge is -2.01. The molecule has 0 amide bonds. The first kappa shape index (κ1) is 5.56.